The van der Waals surface area contributed by atoms with Crippen LogP contribution in [0.3, 0.4) is 0 Å². The second-order valence-electron chi connectivity index (χ2n) is 5.81. The fourth-order valence-electron chi connectivity index (χ4n) is 2.39. The summed E-state index contributed by atoms with van der Waals surface area (Å²) >= 11 is 0. The van der Waals surface area contributed by atoms with Crippen LogP contribution in [-0.2, 0) is 9.59 Å². The maximum absolute atomic E-state index is 12.8. The molecule has 0 fully saturated rings. The number of methoxy groups -OCH3 is 3. The van der Waals surface area contributed by atoms with Gasteiger partial charge in [0.15, 0.2) is 11.5 Å². The van der Waals surface area contributed by atoms with Gasteiger partial charge in [0.2, 0.25) is 17.6 Å². The van der Waals surface area contributed by atoms with Gasteiger partial charge in [0, 0.05) is 24.1 Å². The number of nitrogens with zero attached hydrogens (tertiary/aromatic N) is 1. The molecule has 0 aliphatic carbocycles. The largest absolute Gasteiger partial charge is 0.493 e. The average Bonchev–Trinajstić information content (AvgIpc) is 2.73. The van der Waals surface area contributed by atoms with Gasteiger partial charge in [0.05, 0.1) is 27.5 Å². The average molecular weight is 403 g/mol. The molecule has 0 atom stereocenters. The number of hydrazone groups is 1. The van der Waals surface area contributed by atoms with E-state index < -0.39 is 11.7 Å². The molecular weight excluding hydrogens is 381 g/mol. The van der Waals surface area contributed by atoms with Crippen molar-refractivity contribution >= 4 is 23.7 Å². The molecule has 0 saturated heterocycles. The van der Waals surface area contributed by atoms with E-state index in [0.717, 1.165) is 0 Å². The van der Waals surface area contributed by atoms with Crippen LogP contribution in [-0.4, -0.2) is 39.4 Å². The van der Waals surface area contributed by atoms with Crippen molar-refractivity contribution in [2.45, 2.75) is 12.8 Å². The Bertz CT molecular complexity index is 859. The lowest BCUT2D eigenvalue weighted by Gasteiger charge is -2.12. The third-order valence-corrected chi connectivity index (χ3v) is 3.80. The van der Waals surface area contributed by atoms with Crippen LogP contribution in [0.5, 0.6) is 17.2 Å². The highest BCUT2D eigenvalue weighted by atomic mass is 19.1. The minimum Gasteiger partial charge on any atom is -0.493 e. The van der Waals surface area contributed by atoms with E-state index in [-0.39, 0.29) is 18.7 Å². The van der Waals surface area contributed by atoms with Crippen molar-refractivity contribution in [3.63, 3.8) is 0 Å². The lowest BCUT2D eigenvalue weighted by molar-refractivity contribution is -0.124. The number of amides is 2. The lowest BCUT2D eigenvalue weighted by atomic mass is 10.2. The van der Waals surface area contributed by atoms with Crippen LogP contribution in [0.15, 0.2) is 41.5 Å². The van der Waals surface area contributed by atoms with Gasteiger partial charge in [0.1, 0.15) is 5.82 Å². The molecule has 154 valence electrons. The van der Waals surface area contributed by atoms with Crippen molar-refractivity contribution in [3.8, 4) is 17.2 Å². The van der Waals surface area contributed by atoms with Crippen LogP contribution in [0.1, 0.15) is 18.4 Å². The maximum Gasteiger partial charge on any atom is 0.240 e. The molecule has 0 heterocycles. The topological polar surface area (TPSA) is 98.2 Å². The van der Waals surface area contributed by atoms with Gasteiger partial charge in [0.25, 0.3) is 0 Å². The monoisotopic (exact) mass is 403 g/mol. The number of hydrogen-bond acceptors (Lipinski definition) is 6. The Morgan fingerprint density at radius 2 is 1.55 bits per heavy atom. The minimum absolute atomic E-state index is 0.0388. The van der Waals surface area contributed by atoms with Crippen LogP contribution >= 0.6 is 0 Å². The normalized spacial score (nSPS) is 10.5. The van der Waals surface area contributed by atoms with Crippen LogP contribution in [0.4, 0.5) is 10.1 Å². The van der Waals surface area contributed by atoms with Crippen LogP contribution in [0.2, 0.25) is 0 Å². The maximum atomic E-state index is 12.8. The van der Waals surface area contributed by atoms with Gasteiger partial charge >= 0.3 is 0 Å². The summed E-state index contributed by atoms with van der Waals surface area (Å²) in [6.07, 6.45) is 1.32. The quantitative estimate of drug-likeness (QED) is 0.496. The van der Waals surface area contributed by atoms with Gasteiger partial charge in [-0.1, -0.05) is 0 Å². The molecule has 2 rings (SSSR count). The van der Waals surface area contributed by atoms with E-state index in [0.29, 0.717) is 28.5 Å². The number of carbonyl (C=O) groups is 2. The molecule has 0 unspecified atom stereocenters. The Hall–Kier alpha value is -3.62. The van der Waals surface area contributed by atoms with E-state index in [1.54, 1.807) is 12.1 Å². The number of benzene rings is 2. The highest BCUT2D eigenvalue weighted by Gasteiger charge is 2.12. The summed E-state index contributed by atoms with van der Waals surface area (Å²) in [5, 5.41) is 6.45. The molecule has 29 heavy (non-hydrogen) atoms. The Labute approximate surface area is 167 Å². The SMILES string of the molecule is COc1cc(/C=N/NC(=O)CCC(=O)Nc2ccc(F)cc2)cc(OC)c1OC. The smallest absolute Gasteiger partial charge is 0.240 e. The zero-order valence-corrected chi connectivity index (χ0v) is 16.3. The summed E-state index contributed by atoms with van der Waals surface area (Å²) in [7, 11) is 4.49. The van der Waals surface area contributed by atoms with Crippen molar-refractivity contribution in [3.05, 3.63) is 47.8 Å². The van der Waals surface area contributed by atoms with E-state index in [4.69, 9.17) is 14.2 Å². The second-order valence-corrected chi connectivity index (χ2v) is 5.81. The Kier molecular flexibility index (Phi) is 7.96. The van der Waals surface area contributed by atoms with Gasteiger partial charge in [-0.2, -0.15) is 5.10 Å². The fraction of sp³-hybridized carbons (Fsp3) is 0.250. The standard InChI is InChI=1S/C20H22FN3O5/c1-27-16-10-13(11-17(28-2)20(16)29-3)12-22-24-19(26)9-8-18(25)23-15-6-4-14(21)5-7-15/h4-7,10-12H,8-9H2,1-3H3,(H,23,25)(H,24,26)/b22-12+. The summed E-state index contributed by atoms with van der Waals surface area (Å²) in [4.78, 5) is 23.7. The van der Waals surface area contributed by atoms with Gasteiger partial charge in [-0.15, -0.1) is 0 Å². The van der Waals surface area contributed by atoms with E-state index in [2.05, 4.69) is 15.8 Å². The third-order valence-electron chi connectivity index (χ3n) is 3.80. The molecule has 0 aliphatic rings. The number of ether oxygens (including phenoxy) is 3. The molecule has 2 aromatic rings. The first-order valence-corrected chi connectivity index (χ1v) is 8.64. The number of nitrogens with one attached hydrogen (secondary N) is 2. The van der Waals surface area contributed by atoms with Crippen LogP contribution in [0.25, 0.3) is 0 Å². The zero-order chi connectivity index (χ0) is 21.2. The number of halogens is 1. The van der Waals surface area contributed by atoms with Crippen LogP contribution < -0.4 is 25.0 Å². The molecule has 2 aromatic carbocycles. The molecule has 0 radical (unpaired) electrons. The Morgan fingerprint density at radius 1 is 0.966 bits per heavy atom. The van der Waals surface area contributed by atoms with Crippen molar-refractivity contribution in [1.29, 1.82) is 0 Å². The summed E-state index contributed by atoms with van der Waals surface area (Å²) < 4.78 is 28.6. The van der Waals surface area contributed by atoms with E-state index in [1.807, 2.05) is 0 Å². The number of rotatable bonds is 9. The molecule has 9 heteroatoms. The van der Waals surface area contributed by atoms with E-state index in [1.165, 1.54) is 51.8 Å². The van der Waals surface area contributed by atoms with E-state index in [9.17, 15) is 14.0 Å². The second kappa shape index (κ2) is 10.6. The third kappa shape index (κ3) is 6.49. The first-order valence-electron chi connectivity index (χ1n) is 8.64. The van der Waals surface area contributed by atoms with Gasteiger partial charge < -0.3 is 19.5 Å². The van der Waals surface area contributed by atoms with Crippen molar-refractivity contribution in [2.24, 2.45) is 5.10 Å². The van der Waals surface area contributed by atoms with E-state index >= 15 is 0 Å². The summed E-state index contributed by atoms with van der Waals surface area (Å²) in [6.45, 7) is 0. The Morgan fingerprint density at radius 3 is 2.10 bits per heavy atom. The predicted octanol–water partition coefficient (Wildman–Crippen LogP) is 2.72. The number of hydrogen-bond donors (Lipinski definition) is 2. The molecule has 8 nitrogen and oxygen atoms in total. The van der Waals surface area contributed by atoms with Crippen molar-refractivity contribution < 1.29 is 28.2 Å². The first kappa shape index (κ1) is 21.7. The van der Waals surface area contributed by atoms with Gasteiger partial charge in [-0.3, -0.25) is 9.59 Å². The van der Waals surface area contributed by atoms with Crippen molar-refractivity contribution in [1.82, 2.24) is 5.43 Å². The molecule has 2 amide bonds. The highest BCUT2D eigenvalue weighted by Crippen LogP contribution is 2.37. The van der Waals surface area contributed by atoms with Crippen molar-refractivity contribution in [2.75, 3.05) is 26.6 Å². The molecule has 0 aromatic heterocycles. The highest BCUT2D eigenvalue weighted by molar-refractivity contribution is 5.93. The predicted molar refractivity (Wildman–Crippen MR) is 106 cm³/mol. The minimum atomic E-state index is -0.428. The summed E-state index contributed by atoms with van der Waals surface area (Å²) in [5.41, 5.74) is 3.42. The first-order chi connectivity index (χ1) is 14.0. The zero-order valence-electron chi connectivity index (χ0n) is 16.3. The molecule has 2 N–H and O–H groups in total. The molecule has 0 aliphatic heterocycles. The van der Waals surface area contributed by atoms with Crippen LogP contribution in [0, 0.1) is 5.82 Å². The fourth-order valence-corrected chi connectivity index (χ4v) is 2.39. The number of anilines is 1. The summed E-state index contributed by atoms with van der Waals surface area (Å²) in [6, 6.07) is 8.70. The molecular formula is C20H22FN3O5. The Balaban J connectivity index is 1.86. The lowest BCUT2D eigenvalue weighted by Crippen LogP contribution is -2.20. The molecule has 0 saturated carbocycles. The summed E-state index contributed by atoms with van der Waals surface area (Å²) in [5.74, 6) is 0.174. The molecule has 0 spiro atoms. The van der Waals surface area contributed by atoms with Gasteiger partial charge in [-0.05, 0) is 36.4 Å². The molecule has 0 bridgehead atoms. The van der Waals surface area contributed by atoms with Gasteiger partial charge in [-0.25, -0.2) is 9.82 Å². The number of carbonyl (C=O) groups excluding carboxylic acids is 2.